The molecule has 0 saturated heterocycles. The van der Waals surface area contributed by atoms with Gasteiger partial charge in [0.25, 0.3) is 0 Å². The number of fused-ring (bicyclic) bond motifs is 1. The fourth-order valence-electron chi connectivity index (χ4n) is 3.30. The van der Waals surface area contributed by atoms with Gasteiger partial charge in [-0.25, -0.2) is 13.9 Å². The number of rotatable bonds is 5. The molecule has 0 unspecified atom stereocenters. The van der Waals surface area contributed by atoms with E-state index in [-0.39, 0.29) is 5.69 Å². The van der Waals surface area contributed by atoms with E-state index in [0.29, 0.717) is 35.1 Å². The Hall–Kier alpha value is -3.07. The van der Waals surface area contributed by atoms with Crippen LogP contribution in [0, 0.1) is 11.3 Å². The molecule has 4 rings (SSSR count). The van der Waals surface area contributed by atoms with Gasteiger partial charge in [-0.1, -0.05) is 47.5 Å². The van der Waals surface area contributed by atoms with E-state index in [1.165, 1.54) is 9.08 Å². The third kappa shape index (κ3) is 3.77. The first-order valence-electron chi connectivity index (χ1n) is 9.09. The molecule has 0 aliphatic carbocycles. The van der Waals surface area contributed by atoms with Crippen molar-refractivity contribution in [1.82, 2.24) is 14.2 Å². The van der Waals surface area contributed by atoms with E-state index in [0.717, 1.165) is 22.3 Å². The van der Waals surface area contributed by atoms with Crippen molar-refractivity contribution in [3.05, 3.63) is 81.3 Å². The number of benzene rings is 2. The van der Waals surface area contributed by atoms with Crippen molar-refractivity contribution in [2.75, 3.05) is 0 Å². The maximum atomic E-state index is 12.8. The SMILES string of the molecule is N#CCCCn1nc2c(-c3ccc(Cl)cc3)c(-c3ccc(Cl)cc3)ccn2c1=O. The third-order valence-corrected chi connectivity index (χ3v) is 5.20. The molecule has 2 aromatic heterocycles. The van der Waals surface area contributed by atoms with E-state index in [4.69, 9.17) is 28.5 Å². The van der Waals surface area contributed by atoms with Gasteiger partial charge >= 0.3 is 5.69 Å². The monoisotopic (exact) mass is 422 g/mol. The highest BCUT2D eigenvalue weighted by atomic mass is 35.5. The summed E-state index contributed by atoms with van der Waals surface area (Å²) in [4.78, 5) is 12.8. The van der Waals surface area contributed by atoms with Gasteiger partial charge in [-0.2, -0.15) is 5.26 Å². The highest BCUT2D eigenvalue weighted by Crippen LogP contribution is 2.35. The zero-order valence-electron chi connectivity index (χ0n) is 15.3. The van der Waals surface area contributed by atoms with Crippen molar-refractivity contribution < 1.29 is 0 Å². The molecule has 0 fully saturated rings. The number of pyridine rings is 1. The Morgan fingerprint density at radius 1 is 0.931 bits per heavy atom. The van der Waals surface area contributed by atoms with E-state index < -0.39 is 0 Å². The lowest BCUT2D eigenvalue weighted by Crippen LogP contribution is -2.21. The van der Waals surface area contributed by atoms with Crippen LogP contribution in [-0.4, -0.2) is 14.2 Å². The van der Waals surface area contributed by atoms with Gasteiger partial charge in [0.05, 0.1) is 6.07 Å². The average Bonchev–Trinajstić information content (AvgIpc) is 3.05. The largest absolute Gasteiger partial charge is 0.350 e. The predicted octanol–water partition coefficient (Wildman–Crippen LogP) is 5.44. The topological polar surface area (TPSA) is 63.1 Å². The average molecular weight is 423 g/mol. The molecule has 0 bridgehead atoms. The number of nitriles is 1. The van der Waals surface area contributed by atoms with Gasteiger partial charge in [-0.05, 0) is 53.4 Å². The fraction of sp³-hybridized carbons (Fsp3) is 0.136. The van der Waals surface area contributed by atoms with Crippen LogP contribution in [0.4, 0.5) is 0 Å². The van der Waals surface area contributed by atoms with Crippen molar-refractivity contribution in [2.24, 2.45) is 0 Å². The van der Waals surface area contributed by atoms with Crippen LogP contribution in [0.25, 0.3) is 27.9 Å². The molecular weight excluding hydrogens is 407 g/mol. The normalized spacial score (nSPS) is 10.9. The standard InChI is InChI=1S/C22H16Cl2N4O/c23-17-7-3-15(4-8-17)19-11-14-27-21(20(19)16-5-9-18(24)10-6-16)26-28(22(27)29)13-2-1-12-25/h3-11,14H,1-2,13H2. The first kappa shape index (κ1) is 19.3. The molecule has 0 aliphatic heterocycles. The Bertz CT molecular complexity index is 1270. The van der Waals surface area contributed by atoms with Gasteiger partial charge in [0.1, 0.15) is 0 Å². The highest BCUT2D eigenvalue weighted by Gasteiger charge is 2.17. The minimum absolute atomic E-state index is 0.226. The van der Waals surface area contributed by atoms with Crippen molar-refractivity contribution >= 4 is 28.8 Å². The summed E-state index contributed by atoms with van der Waals surface area (Å²) >= 11 is 12.1. The Labute approximate surface area is 177 Å². The molecule has 2 aromatic carbocycles. The number of aromatic nitrogens is 3. The van der Waals surface area contributed by atoms with E-state index in [1.807, 2.05) is 54.6 Å². The van der Waals surface area contributed by atoms with Gasteiger partial charge in [0, 0.05) is 34.8 Å². The smallest absolute Gasteiger partial charge is 0.250 e. The first-order chi connectivity index (χ1) is 14.1. The summed E-state index contributed by atoms with van der Waals surface area (Å²) in [5, 5.41) is 14.6. The summed E-state index contributed by atoms with van der Waals surface area (Å²) in [5.41, 5.74) is 3.97. The second kappa shape index (κ2) is 8.12. The fourth-order valence-corrected chi connectivity index (χ4v) is 3.55. The number of nitrogens with zero attached hydrogens (tertiary/aromatic N) is 4. The molecule has 5 nitrogen and oxygen atoms in total. The second-order valence-electron chi connectivity index (χ2n) is 6.58. The van der Waals surface area contributed by atoms with Crippen LogP contribution in [0.3, 0.4) is 0 Å². The van der Waals surface area contributed by atoms with Crippen LogP contribution < -0.4 is 5.69 Å². The van der Waals surface area contributed by atoms with E-state index in [1.54, 1.807) is 6.20 Å². The summed E-state index contributed by atoms with van der Waals surface area (Å²) in [7, 11) is 0. The van der Waals surface area contributed by atoms with Gasteiger partial charge < -0.3 is 0 Å². The summed E-state index contributed by atoms with van der Waals surface area (Å²) < 4.78 is 2.95. The Morgan fingerprint density at radius 2 is 1.55 bits per heavy atom. The van der Waals surface area contributed by atoms with Crippen molar-refractivity contribution in [2.45, 2.75) is 19.4 Å². The molecule has 0 spiro atoms. The Balaban J connectivity index is 1.96. The second-order valence-corrected chi connectivity index (χ2v) is 7.45. The molecule has 29 heavy (non-hydrogen) atoms. The number of hydrogen-bond donors (Lipinski definition) is 0. The Morgan fingerprint density at radius 3 is 2.17 bits per heavy atom. The number of aryl methyl sites for hydroxylation is 1. The highest BCUT2D eigenvalue weighted by molar-refractivity contribution is 6.31. The minimum atomic E-state index is -0.226. The van der Waals surface area contributed by atoms with Gasteiger partial charge in [-0.15, -0.1) is 5.10 Å². The molecular formula is C22H16Cl2N4O. The maximum Gasteiger partial charge on any atom is 0.350 e. The predicted molar refractivity (Wildman–Crippen MR) is 115 cm³/mol. The van der Waals surface area contributed by atoms with E-state index >= 15 is 0 Å². The molecule has 0 aliphatic rings. The lowest BCUT2D eigenvalue weighted by molar-refractivity contribution is 0.567. The summed E-state index contributed by atoms with van der Waals surface area (Å²) in [5.74, 6) is 0. The lowest BCUT2D eigenvalue weighted by atomic mass is 9.96. The van der Waals surface area contributed by atoms with Gasteiger partial charge in [-0.3, -0.25) is 0 Å². The van der Waals surface area contributed by atoms with Crippen LogP contribution in [0.1, 0.15) is 12.8 Å². The Kier molecular flexibility index (Phi) is 5.39. The molecule has 0 radical (unpaired) electrons. The summed E-state index contributed by atoms with van der Waals surface area (Å²) in [6, 6.07) is 19.0. The van der Waals surface area contributed by atoms with E-state index in [2.05, 4.69) is 11.2 Å². The number of hydrogen-bond acceptors (Lipinski definition) is 3. The van der Waals surface area contributed by atoms with Crippen LogP contribution in [-0.2, 0) is 6.54 Å². The van der Waals surface area contributed by atoms with Gasteiger partial charge in [0.15, 0.2) is 5.65 Å². The molecule has 0 N–H and O–H groups in total. The number of halogens is 2. The van der Waals surface area contributed by atoms with Crippen LogP contribution >= 0.6 is 23.2 Å². The summed E-state index contributed by atoms with van der Waals surface area (Å²) in [6.45, 7) is 0.393. The quantitative estimate of drug-likeness (QED) is 0.402. The zero-order chi connectivity index (χ0) is 20.4. The molecule has 144 valence electrons. The summed E-state index contributed by atoms with van der Waals surface area (Å²) in [6.07, 6.45) is 2.68. The van der Waals surface area contributed by atoms with Crippen molar-refractivity contribution in [3.63, 3.8) is 0 Å². The first-order valence-corrected chi connectivity index (χ1v) is 9.85. The van der Waals surface area contributed by atoms with Crippen molar-refractivity contribution in [1.29, 1.82) is 5.26 Å². The molecule has 0 atom stereocenters. The maximum absolute atomic E-state index is 12.8. The third-order valence-electron chi connectivity index (χ3n) is 4.70. The van der Waals surface area contributed by atoms with Crippen LogP contribution in [0.5, 0.6) is 0 Å². The molecule has 0 amide bonds. The minimum Gasteiger partial charge on any atom is -0.250 e. The van der Waals surface area contributed by atoms with Gasteiger partial charge in [0.2, 0.25) is 0 Å². The molecule has 0 saturated carbocycles. The van der Waals surface area contributed by atoms with Crippen LogP contribution in [0.15, 0.2) is 65.6 Å². The van der Waals surface area contributed by atoms with Crippen molar-refractivity contribution in [3.8, 4) is 28.3 Å². The van der Waals surface area contributed by atoms with Crippen LogP contribution in [0.2, 0.25) is 10.0 Å². The number of unbranched alkanes of at least 4 members (excludes halogenated alkanes) is 1. The zero-order valence-corrected chi connectivity index (χ0v) is 16.9. The lowest BCUT2D eigenvalue weighted by Gasteiger charge is -2.11. The molecule has 2 heterocycles. The molecule has 4 aromatic rings. The molecule has 7 heteroatoms. The van der Waals surface area contributed by atoms with E-state index in [9.17, 15) is 4.79 Å².